The molecule has 2 heterocycles. The molecule has 0 radical (unpaired) electrons. The number of halogens is 1. The number of carbonyl (C=O) groups is 1. The zero-order valence-electron chi connectivity index (χ0n) is 14.3. The summed E-state index contributed by atoms with van der Waals surface area (Å²) >= 11 is 0. The third-order valence-electron chi connectivity index (χ3n) is 4.32. The number of hydrogen-bond acceptors (Lipinski definition) is 4. The zero-order chi connectivity index (χ0) is 17.8. The molecule has 0 saturated carbocycles. The van der Waals surface area contributed by atoms with Crippen molar-refractivity contribution in [2.45, 2.75) is 31.9 Å². The molecule has 132 valence electrons. The highest BCUT2D eigenvalue weighted by Gasteiger charge is 2.37. The van der Waals surface area contributed by atoms with Gasteiger partial charge in [0.1, 0.15) is 11.6 Å². The predicted molar refractivity (Wildman–Crippen MR) is 91.0 cm³/mol. The SMILES string of the molecule is CO[C@@H]1C[C@@H](c2n[nH]c(C)n2)N(C(=O)C/C=C/c2ccccc2F)C1. The summed E-state index contributed by atoms with van der Waals surface area (Å²) in [4.78, 5) is 18.7. The lowest BCUT2D eigenvalue weighted by atomic mass is 10.1. The molecule has 1 aliphatic rings. The van der Waals surface area contributed by atoms with Crippen LogP contribution < -0.4 is 0 Å². The molecule has 1 aromatic carbocycles. The van der Waals surface area contributed by atoms with Crippen LogP contribution in [0.1, 0.15) is 36.1 Å². The highest BCUT2D eigenvalue weighted by Crippen LogP contribution is 2.32. The first-order valence-electron chi connectivity index (χ1n) is 8.20. The van der Waals surface area contributed by atoms with Crippen LogP contribution in [0.2, 0.25) is 0 Å². The van der Waals surface area contributed by atoms with E-state index in [-0.39, 0.29) is 30.3 Å². The summed E-state index contributed by atoms with van der Waals surface area (Å²) in [5.41, 5.74) is 0.465. The number of aryl methyl sites for hydroxylation is 1. The number of rotatable bonds is 5. The summed E-state index contributed by atoms with van der Waals surface area (Å²) in [5, 5.41) is 7.00. The second kappa shape index (κ2) is 7.57. The Morgan fingerprint density at radius 2 is 2.28 bits per heavy atom. The Morgan fingerprint density at radius 3 is 2.96 bits per heavy atom. The van der Waals surface area contributed by atoms with Gasteiger partial charge in [-0.2, -0.15) is 5.10 Å². The monoisotopic (exact) mass is 344 g/mol. The predicted octanol–water partition coefficient (Wildman–Crippen LogP) is 2.64. The smallest absolute Gasteiger partial charge is 0.227 e. The van der Waals surface area contributed by atoms with Crippen molar-refractivity contribution in [2.24, 2.45) is 0 Å². The van der Waals surface area contributed by atoms with Crippen molar-refractivity contribution in [1.29, 1.82) is 0 Å². The third-order valence-corrected chi connectivity index (χ3v) is 4.32. The van der Waals surface area contributed by atoms with Gasteiger partial charge < -0.3 is 9.64 Å². The van der Waals surface area contributed by atoms with Crippen molar-refractivity contribution in [2.75, 3.05) is 13.7 Å². The first kappa shape index (κ1) is 17.3. The van der Waals surface area contributed by atoms with Crippen molar-refractivity contribution in [1.82, 2.24) is 20.1 Å². The minimum atomic E-state index is -0.305. The molecule has 1 aliphatic heterocycles. The van der Waals surface area contributed by atoms with Crippen molar-refractivity contribution < 1.29 is 13.9 Å². The number of likely N-dealkylation sites (tertiary alicyclic amines) is 1. The molecule has 0 unspecified atom stereocenters. The summed E-state index contributed by atoms with van der Waals surface area (Å²) in [5.74, 6) is 0.951. The Bertz CT molecular complexity index is 774. The Morgan fingerprint density at radius 1 is 1.48 bits per heavy atom. The second-order valence-corrected chi connectivity index (χ2v) is 6.06. The summed E-state index contributed by atoms with van der Waals surface area (Å²) in [6.45, 7) is 2.32. The fraction of sp³-hybridized carbons (Fsp3) is 0.389. The van der Waals surface area contributed by atoms with Crippen LogP contribution in [-0.2, 0) is 9.53 Å². The Balaban J connectivity index is 1.69. The van der Waals surface area contributed by atoms with E-state index >= 15 is 0 Å². The number of hydrogen-bond donors (Lipinski definition) is 1. The highest BCUT2D eigenvalue weighted by molar-refractivity contribution is 5.79. The second-order valence-electron chi connectivity index (χ2n) is 6.06. The van der Waals surface area contributed by atoms with E-state index in [4.69, 9.17) is 4.74 Å². The number of aromatic nitrogens is 3. The van der Waals surface area contributed by atoms with E-state index in [0.29, 0.717) is 30.2 Å². The van der Waals surface area contributed by atoms with Crippen LogP contribution in [0.4, 0.5) is 4.39 Å². The maximum Gasteiger partial charge on any atom is 0.227 e. The van der Waals surface area contributed by atoms with Crippen molar-refractivity contribution in [3.63, 3.8) is 0 Å². The lowest BCUT2D eigenvalue weighted by molar-refractivity contribution is -0.131. The van der Waals surface area contributed by atoms with Gasteiger partial charge in [0.2, 0.25) is 5.91 Å². The standard InChI is InChI=1S/C18H21FN4O2/c1-12-20-18(22-21-12)16-10-14(25-2)11-23(16)17(24)9-5-7-13-6-3-4-8-15(13)19/h3-8,14,16H,9-11H2,1-2H3,(H,20,21,22)/b7-5+/t14-,16+/m1/s1. The van der Waals surface area contributed by atoms with E-state index in [1.165, 1.54) is 6.07 Å². The molecule has 6 nitrogen and oxygen atoms in total. The summed E-state index contributed by atoms with van der Waals surface area (Å²) in [6.07, 6.45) is 4.12. The number of nitrogens with zero attached hydrogens (tertiary/aromatic N) is 3. The maximum absolute atomic E-state index is 13.6. The van der Waals surface area contributed by atoms with Gasteiger partial charge in [0, 0.05) is 32.1 Å². The van der Waals surface area contributed by atoms with Crippen LogP contribution in [0.3, 0.4) is 0 Å². The van der Waals surface area contributed by atoms with Crippen LogP contribution in [0, 0.1) is 12.7 Å². The van der Waals surface area contributed by atoms with Crippen molar-refractivity contribution >= 4 is 12.0 Å². The highest BCUT2D eigenvalue weighted by atomic mass is 19.1. The molecule has 1 N–H and O–H groups in total. The van der Waals surface area contributed by atoms with Gasteiger partial charge in [-0.3, -0.25) is 9.89 Å². The van der Waals surface area contributed by atoms with E-state index < -0.39 is 0 Å². The Labute approximate surface area is 145 Å². The summed E-state index contributed by atoms with van der Waals surface area (Å²) < 4.78 is 19.0. The molecule has 0 aliphatic carbocycles. The molecule has 3 rings (SSSR count). The largest absolute Gasteiger partial charge is 0.380 e. The topological polar surface area (TPSA) is 71.1 Å². The summed E-state index contributed by atoms with van der Waals surface area (Å²) in [6, 6.07) is 6.26. The first-order valence-corrected chi connectivity index (χ1v) is 8.20. The van der Waals surface area contributed by atoms with Gasteiger partial charge in [-0.1, -0.05) is 30.4 Å². The molecule has 0 spiro atoms. The quantitative estimate of drug-likeness (QED) is 0.905. The average molecular weight is 344 g/mol. The molecule has 0 bridgehead atoms. The lowest BCUT2D eigenvalue weighted by Gasteiger charge is -2.21. The minimum Gasteiger partial charge on any atom is -0.380 e. The normalized spacial score (nSPS) is 20.5. The molecule has 1 fully saturated rings. The van der Waals surface area contributed by atoms with Gasteiger partial charge in [0.15, 0.2) is 5.82 Å². The molecular weight excluding hydrogens is 323 g/mol. The van der Waals surface area contributed by atoms with E-state index in [1.807, 2.05) is 6.92 Å². The van der Waals surface area contributed by atoms with Gasteiger partial charge in [0.25, 0.3) is 0 Å². The van der Waals surface area contributed by atoms with Gasteiger partial charge in [0.05, 0.1) is 12.1 Å². The van der Waals surface area contributed by atoms with E-state index in [2.05, 4.69) is 15.2 Å². The molecule has 25 heavy (non-hydrogen) atoms. The number of nitrogens with one attached hydrogen (secondary N) is 1. The molecule has 2 atom stereocenters. The van der Waals surface area contributed by atoms with Crippen LogP contribution in [0.25, 0.3) is 6.08 Å². The van der Waals surface area contributed by atoms with Crippen molar-refractivity contribution in [3.05, 3.63) is 53.4 Å². The number of ether oxygens (including phenoxy) is 1. The molecule has 7 heteroatoms. The third kappa shape index (κ3) is 3.93. The van der Waals surface area contributed by atoms with Crippen molar-refractivity contribution in [3.8, 4) is 0 Å². The van der Waals surface area contributed by atoms with Gasteiger partial charge in [-0.15, -0.1) is 0 Å². The van der Waals surface area contributed by atoms with Gasteiger partial charge in [-0.05, 0) is 13.0 Å². The van der Waals surface area contributed by atoms with Crippen LogP contribution in [0.15, 0.2) is 30.3 Å². The lowest BCUT2D eigenvalue weighted by Crippen LogP contribution is -2.32. The molecule has 1 saturated heterocycles. The van der Waals surface area contributed by atoms with E-state index in [1.54, 1.807) is 42.4 Å². The maximum atomic E-state index is 13.6. The minimum absolute atomic E-state index is 0.0386. The number of amides is 1. The summed E-state index contributed by atoms with van der Waals surface area (Å²) in [7, 11) is 1.64. The molecule has 2 aromatic rings. The zero-order valence-corrected chi connectivity index (χ0v) is 14.3. The number of aromatic amines is 1. The molecular formula is C18H21FN4O2. The fourth-order valence-electron chi connectivity index (χ4n) is 3.01. The van der Waals surface area contributed by atoms with Gasteiger partial charge in [-0.25, -0.2) is 9.37 Å². The van der Waals surface area contributed by atoms with Crippen LogP contribution in [-0.4, -0.2) is 45.7 Å². The average Bonchev–Trinajstić information content (AvgIpc) is 3.22. The number of H-pyrrole nitrogens is 1. The fourth-order valence-corrected chi connectivity index (χ4v) is 3.01. The van der Waals surface area contributed by atoms with Gasteiger partial charge >= 0.3 is 0 Å². The van der Waals surface area contributed by atoms with E-state index in [9.17, 15) is 9.18 Å². The number of benzene rings is 1. The van der Waals surface area contributed by atoms with E-state index in [0.717, 1.165) is 0 Å². The van der Waals surface area contributed by atoms with Crippen LogP contribution >= 0.6 is 0 Å². The Hall–Kier alpha value is -2.54. The van der Waals surface area contributed by atoms with Crippen LogP contribution in [0.5, 0.6) is 0 Å². The number of methoxy groups -OCH3 is 1. The molecule has 1 aromatic heterocycles. The first-order chi connectivity index (χ1) is 12.1. The molecule has 1 amide bonds. The Kier molecular flexibility index (Phi) is 5.23. The number of carbonyl (C=O) groups excluding carboxylic acids is 1.